The summed E-state index contributed by atoms with van der Waals surface area (Å²) in [6.07, 6.45) is 1.91. The molecule has 0 bridgehead atoms. The molecule has 0 radical (unpaired) electrons. The summed E-state index contributed by atoms with van der Waals surface area (Å²) >= 11 is 0. The molecule has 1 fully saturated rings. The summed E-state index contributed by atoms with van der Waals surface area (Å²) in [5.74, 6) is -0.194. The predicted octanol–water partition coefficient (Wildman–Crippen LogP) is -0.556. The van der Waals surface area contributed by atoms with Crippen molar-refractivity contribution in [2.45, 2.75) is 25.3 Å². The van der Waals surface area contributed by atoms with Crippen LogP contribution in [-0.2, 0) is 9.59 Å². The van der Waals surface area contributed by atoms with E-state index in [1.165, 1.54) is 7.05 Å². The van der Waals surface area contributed by atoms with Crippen LogP contribution in [0, 0.1) is 0 Å². The Labute approximate surface area is 71.7 Å². The molecule has 0 spiro atoms. The lowest BCUT2D eigenvalue weighted by Gasteiger charge is -2.07. The van der Waals surface area contributed by atoms with Crippen LogP contribution in [0.5, 0.6) is 0 Å². The van der Waals surface area contributed by atoms with Gasteiger partial charge in [-0.15, -0.1) is 0 Å². The highest BCUT2D eigenvalue weighted by Gasteiger charge is 2.23. The number of nitrogens with one attached hydrogen (secondary N) is 2. The van der Waals surface area contributed by atoms with Crippen LogP contribution in [0.4, 0.5) is 0 Å². The van der Waals surface area contributed by atoms with Crippen molar-refractivity contribution in [1.82, 2.24) is 10.6 Å². The quantitative estimate of drug-likeness (QED) is 0.558. The monoisotopic (exact) mass is 170 g/mol. The van der Waals surface area contributed by atoms with Gasteiger partial charge < -0.3 is 10.6 Å². The SMILES string of the molecule is CNC(=O)CC(=O)[C@@H]1CCCN1. The highest BCUT2D eigenvalue weighted by Crippen LogP contribution is 2.07. The molecule has 4 nitrogen and oxygen atoms in total. The first-order chi connectivity index (χ1) is 5.74. The molecule has 0 aliphatic carbocycles. The van der Waals surface area contributed by atoms with Crippen molar-refractivity contribution < 1.29 is 9.59 Å². The second-order valence-electron chi connectivity index (χ2n) is 2.97. The molecule has 1 atom stereocenters. The van der Waals surface area contributed by atoms with Gasteiger partial charge in [0.2, 0.25) is 5.91 Å². The van der Waals surface area contributed by atoms with Crippen LogP contribution >= 0.6 is 0 Å². The van der Waals surface area contributed by atoms with Crippen molar-refractivity contribution in [3.63, 3.8) is 0 Å². The van der Waals surface area contributed by atoms with Crippen LogP contribution in [0.2, 0.25) is 0 Å². The van der Waals surface area contributed by atoms with Crippen LogP contribution in [0.25, 0.3) is 0 Å². The standard InChI is InChI=1S/C8H14N2O2/c1-9-8(12)5-7(11)6-3-2-4-10-6/h6,10H,2-5H2,1H3,(H,9,12)/t6-/m0/s1. The molecule has 0 unspecified atom stereocenters. The Morgan fingerprint density at radius 2 is 2.33 bits per heavy atom. The topological polar surface area (TPSA) is 58.2 Å². The molecule has 0 aromatic heterocycles. The van der Waals surface area contributed by atoms with E-state index >= 15 is 0 Å². The van der Waals surface area contributed by atoms with Crippen molar-refractivity contribution >= 4 is 11.7 Å². The number of rotatable bonds is 3. The minimum atomic E-state index is -0.200. The third-order valence-corrected chi connectivity index (χ3v) is 2.06. The molecule has 1 aliphatic rings. The van der Waals surface area contributed by atoms with Gasteiger partial charge in [-0.2, -0.15) is 0 Å². The molecule has 1 aliphatic heterocycles. The second-order valence-corrected chi connectivity index (χ2v) is 2.97. The number of hydrogen-bond donors (Lipinski definition) is 2. The molecule has 4 heteroatoms. The van der Waals surface area contributed by atoms with E-state index in [-0.39, 0.29) is 24.2 Å². The summed E-state index contributed by atoms with van der Waals surface area (Å²) in [6, 6.07) is -0.0812. The van der Waals surface area contributed by atoms with Gasteiger partial charge in [-0.05, 0) is 19.4 Å². The van der Waals surface area contributed by atoms with Gasteiger partial charge in [-0.1, -0.05) is 0 Å². The molecule has 12 heavy (non-hydrogen) atoms. The van der Waals surface area contributed by atoms with Crippen molar-refractivity contribution in [1.29, 1.82) is 0 Å². The maximum atomic E-state index is 11.3. The number of carbonyl (C=O) groups excluding carboxylic acids is 2. The molecular formula is C8H14N2O2. The Bertz CT molecular complexity index is 185. The number of hydrogen-bond acceptors (Lipinski definition) is 3. The largest absolute Gasteiger partial charge is 0.359 e. The van der Waals surface area contributed by atoms with Gasteiger partial charge in [0.1, 0.15) is 0 Å². The summed E-state index contributed by atoms with van der Waals surface area (Å²) in [6.45, 7) is 0.893. The first kappa shape index (κ1) is 9.19. The highest BCUT2D eigenvalue weighted by molar-refractivity contribution is 6.00. The average Bonchev–Trinajstić information content (AvgIpc) is 2.56. The van der Waals surface area contributed by atoms with E-state index in [4.69, 9.17) is 0 Å². The van der Waals surface area contributed by atoms with Crippen LogP contribution < -0.4 is 10.6 Å². The Morgan fingerprint density at radius 3 is 2.83 bits per heavy atom. The van der Waals surface area contributed by atoms with Crippen molar-refractivity contribution in [2.24, 2.45) is 0 Å². The van der Waals surface area contributed by atoms with Gasteiger partial charge in [0.25, 0.3) is 0 Å². The van der Waals surface area contributed by atoms with E-state index in [9.17, 15) is 9.59 Å². The summed E-state index contributed by atoms with van der Waals surface area (Å²) < 4.78 is 0. The summed E-state index contributed by atoms with van der Waals surface area (Å²) in [5, 5.41) is 5.49. The zero-order chi connectivity index (χ0) is 8.97. The summed E-state index contributed by atoms with van der Waals surface area (Å²) in [7, 11) is 1.54. The third-order valence-electron chi connectivity index (χ3n) is 2.06. The normalized spacial score (nSPS) is 22.2. The van der Waals surface area contributed by atoms with Gasteiger partial charge in [-0.3, -0.25) is 9.59 Å². The molecular weight excluding hydrogens is 156 g/mol. The first-order valence-corrected chi connectivity index (χ1v) is 4.20. The number of Topliss-reactive ketones (excluding diaryl/α,β-unsaturated/α-hetero) is 1. The minimum Gasteiger partial charge on any atom is -0.359 e. The number of amides is 1. The van der Waals surface area contributed by atoms with Gasteiger partial charge >= 0.3 is 0 Å². The fourth-order valence-electron chi connectivity index (χ4n) is 1.33. The average molecular weight is 170 g/mol. The molecule has 0 saturated carbocycles. The lowest BCUT2D eigenvalue weighted by Crippen LogP contribution is -2.34. The zero-order valence-corrected chi connectivity index (χ0v) is 7.22. The fourth-order valence-corrected chi connectivity index (χ4v) is 1.33. The predicted molar refractivity (Wildman–Crippen MR) is 44.7 cm³/mol. The fraction of sp³-hybridized carbons (Fsp3) is 0.750. The van der Waals surface area contributed by atoms with Gasteiger partial charge in [0.05, 0.1) is 12.5 Å². The van der Waals surface area contributed by atoms with Crippen molar-refractivity contribution in [3.05, 3.63) is 0 Å². The van der Waals surface area contributed by atoms with Gasteiger partial charge in [0.15, 0.2) is 5.78 Å². The third kappa shape index (κ3) is 2.30. The van der Waals surface area contributed by atoms with E-state index in [0.717, 1.165) is 19.4 Å². The van der Waals surface area contributed by atoms with Crippen molar-refractivity contribution in [3.8, 4) is 0 Å². The van der Waals surface area contributed by atoms with Gasteiger partial charge in [0, 0.05) is 7.05 Å². The van der Waals surface area contributed by atoms with Crippen LogP contribution in [0.1, 0.15) is 19.3 Å². The van der Waals surface area contributed by atoms with Crippen LogP contribution in [-0.4, -0.2) is 31.3 Å². The second kappa shape index (κ2) is 4.21. The molecule has 1 saturated heterocycles. The van der Waals surface area contributed by atoms with Crippen LogP contribution in [0.3, 0.4) is 0 Å². The van der Waals surface area contributed by atoms with E-state index in [2.05, 4.69) is 10.6 Å². The summed E-state index contributed by atoms with van der Waals surface area (Å²) in [4.78, 5) is 22.1. The maximum Gasteiger partial charge on any atom is 0.227 e. The molecule has 2 N–H and O–H groups in total. The maximum absolute atomic E-state index is 11.3. The van der Waals surface area contributed by atoms with E-state index in [0.29, 0.717) is 0 Å². The molecule has 1 amide bonds. The molecule has 1 heterocycles. The number of carbonyl (C=O) groups is 2. The summed E-state index contributed by atoms with van der Waals surface area (Å²) in [5.41, 5.74) is 0. The number of ketones is 1. The molecule has 0 aromatic carbocycles. The molecule has 68 valence electrons. The first-order valence-electron chi connectivity index (χ1n) is 4.20. The Morgan fingerprint density at radius 1 is 1.58 bits per heavy atom. The Kier molecular flexibility index (Phi) is 3.22. The van der Waals surface area contributed by atoms with E-state index < -0.39 is 0 Å². The van der Waals surface area contributed by atoms with E-state index in [1.807, 2.05) is 0 Å². The molecule has 0 aromatic rings. The smallest absolute Gasteiger partial charge is 0.227 e. The minimum absolute atomic E-state index is 0.00634. The lowest BCUT2D eigenvalue weighted by molar-refractivity contribution is -0.128. The van der Waals surface area contributed by atoms with Gasteiger partial charge in [-0.25, -0.2) is 0 Å². The molecule has 1 rings (SSSR count). The Hall–Kier alpha value is -0.900. The van der Waals surface area contributed by atoms with Crippen molar-refractivity contribution in [2.75, 3.05) is 13.6 Å². The van der Waals surface area contributed by atoms with E-state index in [1.54, 1.807) is 0 Å². The van der Waals surface area contributed by atoms with Crippen LogP contribution in [0.15, 0.2) is 0 Å². The lowest BCUT2D eigenvalue weighted by atomic mass is 10.1. The Balaban J connectivity index is 2.32. The highest BCUT2D eigenvalue weighted by atomic mass is 16.2. The zero-order valence-electron chi connectivity index (χ0n) is 7.22.